The number of ether oxygens (including phenoxy) is 2. The van der Waals surface area contributed by atoms with Crippen molar-refractivity contribution in [1.29, 1.82) is 5.41 Å². The van der Waals surface area contributed by atoms with Gasteiger partial charge in [-0.2, -0.15) is 0 Å². The molecule has 0 aliphatic carbocycles. The Morgan fingerprint density at radius 1 is 1.29 bits per heavy atom. The van der Waals surface area contributed by atoms with Gasteiger partial charge in [0, 0.05) is 18.3 Å². The highest BCUT2D eigenvalue weighted by Crippen LogP contribution is 2.19. The SMILES string of the molecule is COc1ccc(COCCc2ccccn2)cc1C(=N)N. The quantitative estimate of drug-likeness (QED) is 0.464. The number of rotatable bonds is 7. The molecule has 1 aromatic heterocycles. The van der Waals surface area contributed by atoms with Crippen LogP contribution in [-0.4, -0.2) is 24.5 Å². The van der Waals surface area contributed by atoms with E-state index >= 15 is 0 Å². The summed E-state index contributed by atoms with van der Waals surface area (Å²) in [5.74, 6) is 0.585. The zero-order valence-corrected chi connectivity index (χ0v) is 12.0. The number of pyridine rings is 1. The van der Waals surface area contributed by atoms with E-state index in [1.54, 1.807) is 19.4 Å². The molecule has 0 saturated heterocycles. The van der Waals surface area contributed by atoms with E-state index < -0.39 is 0 Å². The van der Waals surface area contributed by atoms with E-state index in [-0.39, 0.29) is 5.84 Å². The number of hydrogen-bond acceptors (Lipinski definition) is 4. The third-order valence-corrected chi connectivity index (χ3v) is 3.05. The second-order valence-corrected chi connectivity index (χ2v) is 4.57. The van der Waals surface area contributed by atoms with E-state index in [2.05, 4.69) is 4.98 Å². The maximum Gasteiger partial charge on any atom is 0.129 e. The monoisotopic (exact) mass is 285 g/mol. The molecule has 1 aromatic carbocycles. The van der Waals surface area contributed by atoms with Crippen molar-refractivity contribution in [1.82, 2.24) is 4.98 Å². The molecule has 0 saturated carbocycles. The predicted octanol–water partition coefficient (Wildman–Crippen LogP) is 2.13. The lowest BCUT2D eigenvalue weighted by Crippen LogP contribution is -2.13. The first kappa shape index (κ1) is 15.0. The molecule has 2 rings (SSSR count). The summed E-state index contributed by atoms with van der Waals surface area (Å²) in [6.45, 7) is 1.07. The smallest absolute Gasteiger partial charge is 0.129 e. The number of nitrogens with zero attached hydrogens (tertiary/aromatic N) is 1. The second-order valence-electron chi connectivity index (χ2n) is 4.57. The summed E-state index contributed by atoms with van der Waals surface area (Å²) in [7, 11) is 1.56. The molecule has 0 fully saturated rings. The van der Waals surface area contributed by atoms with Crippen LogP contribution in [0.3, 0.4) is 0 Å². The zero-order valence-electron chi connectivity index (χ0n) is 12.0. The van der Waals surface area contributed by atoms with Crippen molar-refractivity contribution in [2.24, 2.45) is 5.73 Å². The standard InChI is InChI=1S/C16H19N3O2/c1-20-15-6-5-12(10-14(15)16(17)18)11-21-9-7-13-4-2-3-8-19-13/h2-6,8,10H,7,9,11H2,1H3,(H3,17,18). The fourth-order valence-corrected chi connectivity index (χ4v) is 1.97. The number of methoxy groups -OCH3 is 1. The van der Waals surface area contributed by atoms with Crippen molar-refractivity contribution >= 4 is 5.84 Å². The Morgan fingerprint density at radius 3 is 2.81 bits per heavy atom. The number of nitrogens with one attached hydrogen (secondary N) is 1. The van der Waals surface area contributed by atoms with Gasteiger partial charge in [-0.1, -0.05) is 12.1 Å². The molecule has 110 valence electrons. The number of hydrogen-bond donors (Lipinski definition) is 2. The summed E-state index contributed by atoms with van der Waals surface area (Å²) in [4.78, 5) is 4.24. The maximum atomic E-state index is 7.55. The summed E-state index contributed by atoms with van der Waals surface area (Å²) in [5, 5.41) is 7.55. The summed E-state index contributed by atoms with van der Waals surface area (Å²) in [6, 6.07) is 11.4. The van der Waals surface area contributed by atoms with Crippen LogP contribution in [0.25, 0.3) is 0 Å². The van der Waals surface area contributed by atoms with Crippen molar-refractivity contribution in [3.05, 3.63) is 59.4 Å². The lowest BCUT2D eigenvalue weighted by Gasteiger charge is -2.10. The minimum Gasteiger partial charge on any atom is -0.496 e. The molecule has 5 nitrogen and oxygen atoms in total. The van der Waals surface area contributed by atoms with Gasteiger partial charge in [-0.25, -0.2) is 0 Å². The molecule has 0 unspecified atom stereocenters. The predicted molar refractivity (Wildman–Crippen MR) is 81.6 cm³/mol. The minimum absolute atomic E-state index is 0.0119. The first-order valence-electron chi connectivity index (χ1n) is 6.69. The van der Waals surface area contributed by atoms with Crippen LogP contribution in [0.4, 0.5) is 0 Å². The molecule has 0 atom stereocenters. The molecule has 3 N–H and O–H groups in total. The Kier molecular flexibility index (Phi) is 5.29. The Bertz CT molecular complexity index is 600. The molecule has 0 bridgehead atoms. The third kappa shape index (κ3) is 4.29. The van der Waals surface area contributed by atoms with Crippen LogP contribution < -0.4 is 10.5 Å². The van der Waals surface area contributed by atoms with E-state index in [9.17, 15) is 0 Å². The average Bonchev–Trinajstić information content (AvgIpc) is 2.52. The molecule has 5 heteroatoms. The molecular weight excluding hydrogens is 266 g/mol. The molecule has 0 spiro atoms. The molecule has 1 heterocycles. The number of aromatic nitrogens is 1. The number of benzene rings is 1. The van der Waals surface area contributed by atoms with Crippen LogP contribution >= 0.6 is 0 Å². The van der Waals surface area contributed by atoms with Crippen LogP contribution in [0.15, 0.2) is 42.6 Å². The van der Waals surface area contributed by atoms with Gasteiger partial charge in [-0.05, 0) is 29.8 Å². The van der Waals surface area contributed by atoms with Crippen molar-refractivity contribution in [2.75, 3.05) is 13.7 Å². The van der Waals surface area contributed by atoms with E-state index in [0.717, 1.165) is 17.7 Å². The lowest BCUT2D eigenvalue weighted by atomic mass is 10.1. The molecule has 21 heavy (non-hydrogen) atoms. The summed E-state index contributed by atoms with van der Waals surface area (Å²) < 4.78 is 10.8. The zero-order chi connectivity index (χ0) is 15.1. The summed E-state index contributed by atoms with van der Waals surface area (Å²) >= 11 is 0. The topological polar surface area (TPSA) is 81.2 Å². The third-order valence-electron chi connectivity index (χ3n) is 3.05. The molecule has 0 radical (unpaired) electrons. The first-order chi connectivity index (χ1) is 10.2. The number of nitrogen functional groups attached to an aromatic ring is 1. The number of nitrogens with two attached hydrogens (primary N) is 1. The van der Waals surface area contributed by atoms with Crippen LogP contribution in [0.2, 0.25) is 0 Å². The molecule has 0 aliphatic rings. The van der Waals surface area contributed by atoms with Gasteiger partial charge in [-0.15, -0.1) is 0 Å². The van der Waals surface area contributed by atoms with Gasteiger partial charge in [0.2, 0.25) is 0 Å². The minimum atomic E-state index is -0.0119. The van der Waals surface area contributed by atoms with Crippen molar-refractivity contribution in [3.8, 4) is 5.75 Å². The van der Waals surface area contributed by atoms with Gasteiger partial charge in [0.25, 0.3) is 0 Å². The van der Waals surface area contributed by atoms with E-state index in [1.165, 1.54) is 0 Å². The highest BCUT2D eigenvalue weighted by Gasteiger charge is 2.07. The van der Waals surface area contributed by atoms with Gasteiger partial charge >= 0.3 is 0 Å². The van der Waals surface area contributed by atoms with Crippen molar-refractivity contribution in [2.45, 2.75) is 13.0 Å². The van der Waals surface area contributed by atoms with E-state index in [1.807, 2.05) is 30.3 Å². The summed E-state index contributed by atoms with van der Waals surface area (Å²) in [5.41, 5.74) is 8.10. The Balaban J connectivity index is 1.88. The Morgan fingerprint density at radius 2 is 2.14 bits per heavy atom. The van der Waals surface area contributed by atoms with Crippen molar-refractivity contribution in [3.63, 3.8) is 0 Å². The first-order valence-corrected chi connectivity index (χ1v) is 6.69. The normalized spacial score (nSPS) is 10.3. The van der Waals surface area contributed by atoms with Gasteiger partial charge in [0.15, 0.2) is 0 Å². The molecule has 0 amide bonds. The average molecular weight is 285 g/mol. The molecular formula is C16H19N3O2. The fourth-order valence-electron chi connectivity index (χ4n) is 1.97. The van der Waals surface area contributed by atoms with E-state index in [0.29, 0.717) is 24.5 Å². The maximum absolute atomic E-state index is 7.55. The van der Waals surface area contributed by atoms with Gasteiger partial charge in [0.05, 0.1) is 25.9 Å². The van der Waals surface area contributed by atoms with E-state index in [4.69, 9.17) is 20.6 Å². The molecule has 0 aliphatic heterocycles. The van der Waals surface area contributed by atoms with Gasteiger partial charge < -0.3 is 15.2 Å². The van der Waals surface area contributed by atoms with Crippen molar-refractivity contribution < 1.29 is 9.47 Å². The second kappa shape index (κ2) is 7.40. The fraction of sp³-hybridized carbons (Fsp3) is 0.250. The van der Waals surface area contributed by atoms with Crippen LogP contribution in [0.1, 0.15) is 16.8 Å². The number of amidine groups is 1. The summed E-state index contributed by atoms with van der Waals surface area (Å²) in [6.07, 6.45) is 2.55. The lowest BCUT2D eigenvalue weighted by molar-refractivity contribution is 0.123. The van der Waals surface area contributed by atoms with Crippen LogP contribution in [0.5, 0.6) is 5.75 Å². The molecule has 2 aromatic rings. The van der Waals surface area contributed by atoms with Gasteiger partial charge in [0.1, 0.15) is 11.6 Å². The highest BCUT2D eigenvalue weighted by atomic mass is 16.5. The van der Waals surface area contributed by atoms with Gasteiger partial charge in [-0.3, -0.25) is 10.4 Å². The largest absolute Gasteiger partial charge is 0.496 e. The van der Waals surface area contributed by atoms with Crippen LogP contribution in [0, 0.1) is 5.41 Å². The Hall–Kier alpha value is -2.40. The van der Waals surface area contributed by atoms with Crippen LogP contribution in [-0.2, 0) is 17.8 Å². The Labute approximate surface area is 124 Å². The highest BCUT2D eigenvalue weighted by molar-refractivity contribution is 5.97.